The molecule has 0 aromatic carbocycles. The van der Waals surface area contributed by atoms with Gasteiger partial charge in [0.2, 0.25) is 0 Å². The summed E-state index contributed by atoms with van der Waals surface area (Å²) in [5.41, 5.74) is 6.85. The lowest BCUT2D eigenvalue weighted by atomic mass is 9.89. The fraction of sp³-hybridized carbons (Fsp3) is 0.750. The number of rotatable bonds is 1. The minimum absolute atomic E-state index is 0.473. The minimum Gasteiger partial charge on any atom is -0.382 e. The molecule has 0 spiro atoms. The van der Waals surface area contributed by atoms with Crippen LogP contribution in [0, 0.1) is 6.92 Å². The van der Waals surface area contributed by atoms with Crippen molar-refractivity contribution in [3.63, 3.8) is 0 Å². The summed E-state index contributed by atoms with van der Waals surface area (Å²) in [6.45, 7) is 1.82. The Labute approximate surface area is 96.7 Å². The van der Waals surface area contributed by atoms with E-state index < -0.39 is 0 Å². The third-order valence-electron chi connectivity index (χ3n) is 3.34. The van der Waals surface area contributed by atoms with E-state index in [2.05, 4.69) is 15.2 Å². The standard InChI is InChI=1S/C12H20N4/c1-9-14-12(13)11(16-15-9)10-7-5-3-2-4-6-8-10/h10H,2-8H2,1H3,(H2,13,14,15). The molecule has 0 amide bonds. The molecule has 1 saturated carbocycles. The molecule has 0 aliphatic heterocycles. The third-order valence-corrected chi connectivity index (χ3v) is 3.34. The second-order valence-corrected chi connectivity index (χ2v) is 4.67. The lowest BCUT2D eigenvalue weighted by Crippen LogP contribution is -2.11. The molecule has 0 radical (unpaired) electrons. The number of hydrogen-bond acceptors (Lipinski definition) is 4. The molecule has 4 nitrogen and oxygen atoms in total. The molecule has 1 fully saturated rings. The minimum atomic E-state index is 0.473. The maximum atomic E-state index is 5.93. The van der Waals surface area contributed by atoms with Crippen molar-refractivity contribution >= 4 is 5.82 Å². The summed E-state index contributed by atoms with van der Waals surface area (Å²) < 4.78 is 0. The second-order valence-electron chi connectivity index (χ2n) is 4.67. The van der Waals surface area contributed by atoms with Crippen LogP contribution in [0.5, 0.6) is 0 Å². The lowest BCUT2D eigenvalue weighted by molar-refractivity contribution is 0.446. The van der Waals surface area contributed by atoms with Crippen LogP contribution >= 0.6 is 0 Å². The van der Waals surface area contributed by atoms with Crippen LogP contribution in [0.3, 0.4) is 0 Å². The number of aryl methyl sites for hydroxylation is 1. The first-order valence-electron chi connectivity index (χ1n) is 6.24. The van der Waals surface area contributed by atoms with Gasteiger partial charge in [0.15, 0.2) is 0 Å². The van der Waals surface area contributed by atoms with E-state index in [1.165, 1.54) is 44.9 Å². The Hall–Kier alpha value is -1.19. The summed E-state index contributed by atoms with van der Waals surface area (Å²) in [6, 6.07) is 0. The number of nitrogen functional groups attached to an aromatic ring is 1. The van der Waals surface area contributed by atoms with Gasteiger partial charge in [-0.25, -0.2) is 4.98 Å². The van der Waals surface area contributed by atoms with Gasteiger partial charge in [-0.05, 0) is 19.8 Å². The molecule has 16 heavy (non-hydrogen) atoms. The summed E-state index contributed by atoms with van der Waals surface area (Å²) in [5.74, 6) is 1.71. The Balaban J connectivity index is 2.14. The molecular formula is C12H20N4. The number of anilines is 1. The van der Waals surface area contributed by atoms with Crippen LogP contribution in [-0.4, -0.2) is 15.2 Å². The fourth-order valence-electron chi connectivity index (χ4n) is 2.45. The van der Waals surface area contributed by atoms with Crippen LogP contribution in [0.1, 0.15) is 62.4 Å². The summed E-state index contributed by atoms with van der Waals surface area (Å²) >= 11 is 0. The van der Waals surface area contributed by atoms with Crippen molar-refractivity contribution in [2.75, 3.05) is 5.73 Å². The highest BCUT2D eigenvalue weighted by Crippen LogP contribution is 2.31. The zero-order valence-corrected chi connectivity index (χ0v) is 9.95. The molecule has 88 valence electrons. The predicted molar refractivity (Wildman–Crippen MR) is 64.0 cm³/mol. The molecule has 1 aromatic rings. The molecule has 0 saturated heterocycles. The van der Waals surface area contributed by atoms with Crippen LogP contribution in [0.4, 0.5) is 5.82 Å². The van der Waals surface area contributed by atoms with Crippen LogP contribution in [0.25, 0.3) is 0 Å². The Kier molecular flexibility index (Phi) is 3.70. The highest BCUT2D eigenvalue weighted by Gasteiger charge is 2.18. The quantitative estimate of drug-likeness (QED) is 0.790. The van der Waals surface area contributed by atoms with Crippen molar-refractivity contribution in [1.82, 2.24) is 15.2 Å². The SMILES string of the molecule is Cc1nnc(C2CCCCCCC2)c(N)n1. The van der Waals surface area contributed by atoms with Gasteiger partial charge in [-0.3, -0.25) is 0 Å². The van der Waals surface area contributed by atoms with Crippen molar-refractivity contribution in [2.24, 2.45) is 0 Å². The zero-order valence-electron chi connectivity index (χ0n) is 9.95. The van der Waals surface area contributed by atoms with E-state index in [4.69, 9.17) is 5.73 Å². The molecule has 1 heterocycles. The molecule has 0 atom stereocenters. The van der Waals surface area contributed by atoms with Gasteiger partial charge in [-0.15, -0.1) is 10.2 Å². The van der Waals surface area contributed by atoms with E-state index in [1.807, 2.05) is 6.92 Å². The average molecular weight is 220 g/mol. The Bertz CT molecular complexity index is 343. The highest BCUT2D eigenvalue weighted by molar-refractivity contribution is 5.35. The summed E-state index contributed by atoms with van der Waals surface area (Å²) in [4.78, 5) is 4.21. The molecule has 1 aliphatic rings. The van der Waals surface area contributed by atoms with E-state index in [-0.39, 0.29) is 0 Å². The molecule has 1 aromatic heterocycles. The Morgan fingerprint density at radius 3 is 2.25 bits per heavy atom. The first-order chi connectivity index (χ1) is 7.77. The van der Waals surface area contributed by atoms with Gasteiger partial charge in [-0.1, -0.05) is 32.1 Å². The molecular weight excluding hydrogens is 200 g/mol. The Morgan fingerprint density at radius 1 is 1.00 bits per heavy atom. The van der Waals surface area contributed by atoms with Crippen molar-refractivity contribution in [3.8, 4) is 0 Å². The maximum absolute atomic E-state index is 5.93. The second kappa shape index (κ2) is 5.23. The molecule has 0 bridgehead atoms. The van der Waals surface area contributed by atoms with Gasteiger partial charge < -0.3 is 5.73 Å². The van der Waals surface area contributed by atoms with E-state index in [1.54, 1.807) is 0 Å². The van der Waals surface area contributed by atoms with Gasteiger partial charge >= 0.3 is 0 Å². The van der Waals surface area contributed by atoms with E-state index >= 15 is 0 Å². The largest absolute Gasteiger partial charge is 0.382 e. The van der Waals surface area contributed by atoms with Crippen LogP contribution < -0.4 is 5.73 Å². The van der Waals surface area contributed by atoms with Crippen molar-refractivity contribution in [2.45, 2.75) is 57.8 Å². The van der Waals surface area contributed by atoms with Crippen molar-refractivity contribution in [1.29, 1.82) is 0 Å². The predicted octanol–water partition coefficient (Wildman–Crippen LogP) is 2.59. The Morgan fingerprint density at radius 2 is 1.62 bits per heavy atom. The topological polar surface area (TPSA) is 64.7 Å². The van der Waals surface area contributed by atoms with Gasteiger partial charge in [-0.2, -0.15) is 0 Å². The van der Waals surface area contributed by atoms with E-state index in [0.29, 0.717) is 17.6 Å². The molecule has 0 unspecified atom stereocenters. The fourth-order valence-corrected chi connectivity index (χ4v) is 2.45. The average Bonchev–Trinajstić information content (AvgIpc) is 2.19. The first kappa shape index (κ1) is 11.3. The van der Waals surface area contributed by atoms with Gasteiger partial charge in [0.05, 0.1) is 0 Å². The molecule has 1 aliphatic carbocycles. The number of nitrogens with two attached hydrogens (primary N) is 1. The van der Waals surface area contributed by atoms with Crippen molar-refractivity contribution < 1.29 is 0 Å². The van der Waals surface area contributed by atoms with Crippen LogP contribution in [0.15, 0.2) is 0 Å². The van der Waals surface area contributed by atoms with Crippen LogP contribution in [-0.2, 0) is 0 Å². The molecule has 2 rings (SSSR count). The van der Waals surface area contributed by atoms with E-state index in [9.17, 15) is 0 Å². The first-order valence-corrected chi connectivity index (χ1v) is 6.24. The number of aromatic nitrogens is 3. The van der Waals surface area contributed by atoms with Crippen LogP contribution in [0.2, 0.25) is 0 Å². The van der Waals surface area contributed by atoms with Gasteiger partial charge in [0.25, 0.3) is 0 Å². The number of hydrogen-bond donors (Lipinski definition) is 1. The van der Waals surface area contributed by atoms with Crippen molar-refractivity contribution in [3.05, 3.63) is 11.5 Å². The molecule has 4 heteroatoms. The third kappa shape index (κ3) is 2.68. The number of nitrogens with zero attached hydrogens (tertiary/aromatic N) is 3. The maximum Gasteiger partial charge on any atom is 0.150 e. The molecule has 2 N–H and O–H groups in total. The monoisotopic (exact) mass is 220 g/mol. The zero-order chi connectivity index (χ0) is 11.4. The highest BCUT2D eigenvalue weighted by atomic mass is 15.2. The lowest BCUT2D eigenvalue weighted by Gasteiger charge is -2.19. The summed E-state index contributed by atoms with van der Waals surface area (Å²) in [7, 11) is 0. The summed E-state index contributed by atoms with van der Waals surface area (Å²) in [5, 5.41) is 8.26. The van der Waals surface area contributed by atoms with E-state index in [0.717, 1.165) is 5.69 Å². The smallest absolute Gasteiger partial charge is 0.150 e. The van der Waals surface area contributed by atoms with Gasteiger partial charge in [0.1, 0.15) is 17.3 Å². The summed E-state index contributed by atoms with van der Waals surface area (Å²) in [6.07, 6.45) is 8.97. The van der Waals surface area contributed by atoms with Gasteiger partial charge in [0, 0.05) is 5.92 Å². The normalized spacial score (nSPS) is 19.1.